The minimum Gasteiger partial charge on any atom is -0.469 e. The van der Waals surface area contributed by atoms with Crippen molar-refractivity contribution in [2.24, 2.45) is 0 Å². The molecule has 1 heterocycles. The molecule has 0 spiro atoms. The van der Waals surface area contributed by atoms with Crippen molar-refractivity contribution in [1.29, 1.82) is 0 Å². The van der Waals surface area contributed by atoms with Crippen molar-refractivity contribution >= 4 is 11.6 Å². The number of hydrogen-bond donors (Lipinski definition) is 0. The number of rotatable bonds is 3. The van der Waals surface area contributed by atoms with Crippen LogP contribution in [0.4, 0.5) is 0 Å². The molecule has 4 nitrogen and oxygen atoms in total. The van der Waals surface area contributed by atoms with Crippen LogP contribution in [0.2, 0.25) is 5.02 Å². The summed E-state index contributed by atoms with van der Waals surface area (Å²) in [7, 11) is 0. The SMILES string of the molecule is CC(Oc1cccc(Cl)c1)n1cncn1. The number of ether oxygens (including phenoxy) is 1. The molecule has 5 heteroatoms. The van der Waals surface area contributed by atoms with Crippen LogP contribution in [0, 0.1) is 0 Å². The van der Waals surface area contributed by atoms with Crippen molar-refractivity contribution in [3.05, 3.63) is 41.9 Å². The van der Waals surface area contributed by atoms with Gasteiger partial charge >= 0.3 is 0 Å². The molecule has 0 fully saturated rings. The van der Waals surface area contributed by atoms with Crippen molar-refractivity contribution in [3.8, 4) is 5.75 Å². The van der Waals surface area contributed by atoms with E-state index in [2.05, 4.69) is 10.1 Å². The fourth-order valence-corrected chi connectivity index (χ4v) is 1.38. The molecule has 0 aliphatic rings. The van der Waals surface area contributed by atoms with Gasteiger partial charge in [0.15, 0.2) is 6.23 Å². The van der Waals surface area contributed by atoms with Crippen molar-refractivity contribution < 1.29 is 4.74 Å². The summed E-state index contributed by atoms with van der Waals surface area (Å²) in [6.45, 7) is 1.88. The zero-order valence-corrected chi connectivity index (χ0v) is 8.93. The molecule has 0 radical (unpaired) electrons. The fourth-order valence-electron chi connectivity index (χ4n) is 1.20. The Hall–Kier alpha value is -1.55. The minimum absolute atomic E-state index is 0.203. The molecule has 0 bridgehead atoms. The van der Waals surface area contributed by atoms with E-state index in [0.717, 1.165) is 0 Å². The van der Waals surface area contributed by atoms with Crippen LogP contribution >= 0.6 is 11.6 Å². The van der Waals surface area contributed by atoms with E-state index in [9.17, 15) is 0 Å². The van der Waals surface area contributed by atoms with E-state index in [-0.39, 0.29) is 6.23 Å². The summed E-state index contributed by atoms with van der Waals surface area (Å²) in [6.07, 6.45) is 2.87. The predicted molar refractivity (Wildman–Crippen MR) is 56.8 cm³/mol. The van der Waals surface area contributed by atoms with Gasteiger partial charge in [-0.15, -0.1) is 0 Å². The van der Waals surface area contributed by atoms with Crippen molar-refractivity contribution in [1.82, 2.24) is 14.8 Å². The van der Waals surface area contributed by atoms with Gasteiger partial charge in [-0.2, -0.15) is 5.10 Å². The van der Waals surface area contributed by atoms with Crippen LogP contribution < -0.4 is 4.74 Å². The summed E-state index contributed by atoms with van der Waals surface area (Å²) in [6, 6.07) is 7.24. The first-order valence-corrected chi connectivity index (χ1v) is 4.90. The quantitative estimate of drug-likeness (QED) is 0.803. The summed E-state index contributed by atoms with van der Waals surface area (Å²) in [5.41, 5.74) is 0. The molecule has 0 saturated carbocycles. The van der Waals surface area contributed by atoms with Crippen molar-refractivity contribution in [2.45, 2.75) is 13.2 Å². The van der Waals surface area contributed by atoms with Gasteiger partial charge in [0, 0.05) is 5.02 Å². The zero-order chi connectivity index (χ0) is 10.7. The van der Waals surface area contributed by atoms with E-state index in [1.807, 2.05) is 19.1 Å². The normalized spacial score (nSPS) is 12.4. The number of halogens is 1. The zero-order valence-electron chi connectivity index (χ0n) is 8.17. The van der Waals surface area contributed by atoms with E-state index >= 15 is 0 Å². The monoisotopic (exact) mass is 223 g/mol. The molecular weight excluding hydrogens is 214 g/mol. The Balaban J connectivity index is 2.09. The van der Waals surface area contributed by atoms with E-state index in [1.54, 1.807) is 23.1 Å². The highest BCUT2D eigenvalue weighted by Crippen LogP contribution is 2.20. The lowest BCUT2D eigenvalue weighted by molar-refractivity contribution is 0.138. The van der Waals surface area contributed by atoms with Crippen molar-refractivity contribution in [3.63, 3.8) is 0 Å². The highest BCUT2D eigenvalue weighted by atomic mass is 35.5. The van der Waals surface area contributed by atoms with Crippen LogP contribution in [-0.2, 0) is 0 Å². The predicted octanol–water partition coefficient (Wildman–Crippen LogP) is 2.53. The maximum atomic E-state index is 5.84. The average molecular weight is 224 g/mol. The molecule has 2 aromatic rings. The second-order valence-electron chi connectivity index (χ2n) is 3.05. The molecular formula is C10H10ClN3O. The maximum absolute atomic E-state index is 5.84. The van der Waals surface area contributed by atoms with Gasteiger partial charge in [-0.05, 0) is 25.1 Å². The number of aromatic nitrogens is 3. The molecule has 0 aliphatic carbocycles. The van der Waals surface area contributed by atoms with Gasteiger partial charge < -0.3 is 4.74 Å². The molecule has 1 aromatic heterocycles. The summed E-state index contributed by atoms with van der Waals surface area (Å²) in [5, 5.41) is 4.63. The van der Waals surface area contributed by atoms with Crippen LogP contribution in [0.3, 0.4) is 0 Å². The van der Waals surface area contributed by atoms with Crippen LogP contribution in [0.25, 0.3) is 0 Å². The number of benzene rings is 1. The molecule has 1 aromatic carbocycles. The molecule has 78 valence electrons. The third-order valence-corrected chi connectivity index (χ3v) is 2.15. The topological polar surface area (TPSA) is 39.9 Å². The number of nitrogens with zero attached hydrogens (tertiary/aromatic N) is 3. The molecule has 0 amide bonds. The van der Waals surface area contributed by atoms with Gasteiger partial charge in [0.05, 0.1) is 0 Å². The van der Waals surface area contributed by atoms with Gasteiger partial charge in [-0.3, -0.25) is 0 Å². The molecule has 1 unspecified atom stereocenters. The summed E-state index contributed by atoms with van der Waals surface area (Å²) < 4.78 is 7.24. The number of hydrogen-bond acceptors (Lipinski definition) is 3. The van der Waals surface area contributed by atoms with Gasteiger partial charge in [-0.25, -0.2) is 9.67 Å². The fraction of sp³-hybridized carbons (Fsp3) is 0.200. The van der Waals surface area contributed by atoms with Crippen molar-refractivity contribution in [2.75, 3.05) is 0 Å². The molecule has 0 saturated heterocycles. The molecule has 0 aliphatic heterocycles. The highest BCUT2D eigenvalue weighted by Gasteiger charge is 2.06. The van der Waals surface area contributed by atoms with Gasteiger partial charge in [0.25, 0.3) is 0 Å². The highest BCUT2D eigenvalue weighted by molar-refractivity contribution is 6.30. The van der Waals surface area contributed by atoms with Gasteiger partial charge in [0.1, 0.15) is 18.4 Å². The molecule has 1 atom stereocenters. The minimum atomic E-state index is -0.203. The Morgan fingerprint density at radius 3 is 3.00 bits per heavy atom. The van der Waals surface area contributed by atoms with E-state index < -0.39 is 0 Å². The standard InChI is InChI=1S/C10H10ClN3O/c1-8(14-7-12-6-13-14)15-10-4-2-3-9(11)5-10/h2-8H,1H3. The van der Waals surface area contributed by atoms with E-state index in [1.165, 1.54) is 6.33 Å². The van der Waals surface area contributed by atoms with Gasteiger partial charge in [0.2, 0.25) is 0 Å². The first-order valence-electron chi connectivity index (χ1n) is 4.52. The molecule has 2 rings (SSSR count). The average Bonchev–Trinajstić information content (AvgIpc) is 2.70. The Labute approximate surface area is 92.5 Å². The lowest BCUT2D eigenvalue weighted by Crippen LogP contribution is -2.12. The Kier molecular flexibility index (Phi) is 2.87. The lowest BCUT2D eigenvalue weighted by atomic mass is 10.3. The maximum Gasteiger partial charge on any atom is 0.190 e. The van der Waals surface area contributed by atoms with Crippen LogP contribution in [0.1, 0.15) is 13.2 Å². The Morgan fingerprint density at radius 1 is 1.47 bits per heavy atom. The van der Waals surface area contributed by atoms with E-state index in [0.29, 0.717) is 10.8 Å². The van der Waals surface area contributed by atoms with Crippen LogP contribution in [0.5, 0.6) is 5.75 Å². The first-order chi connectivity index (χ1) is 7.25. The third kappa shape index (κ3) is 2.47. The first kappa shape index (κ1) is 9.98. The van der Waals surface area contributed by atoms with E-state index in [4.69, 9.17) is 16.3 Å². The smallest absolute Gasteiger partial charge is 0.190 e. The summed E-state index contributed by atoms with van der Waals surface area (Å²) in [5.74, 6) is 0.713. The lowest BCUT2D eigenvalue weighted by Gasteiger charge is -2.14. The largest absolute Gasteiger partial charge is 0.469 e. The summed E-state index contributed by atoms with van der Waals surface area (Å²) in [4.78, 5) is 3.85. The Morgan fingerprint density at radius 2 is 2.33 bits per heavy atom. The Bertz CT molecular complexity index is 430. The molecule has 0 N–H and O–H groups in total. The third-order valence-electron chi connectivity index (χ3n) is 1.91. The summed E-state index contributed by atoms with van der Waals surface area (Å²) >= 11 is 5.84. The van der Waals surface area contributed by atoms with Crippen LogP contribution in [-0.4, -0.2) is 14.8 Å². The second-order valence-corrected chi connectivity index (χ2v) is 3.49. The molecule has 15 heavy (non-hydrogen) atoms. The second kappa shape index (κ2) is 4.31. The van der Waals surface area contributed by atoms with Crippen LogP contribution in [0.15, 0.2) is 36.9 Å². The van der Waals surface area contributed by atoms with Gasteiger partial charge in [-0.1, -0.05) is 17.7 Å².